The molecule has 2 rings (SSSR count). The number of aromatic nitrogens is 2. The summed E-state index contributed by atoms with van der Waals surface area (Å²) in [7, 11) is -3.95. The van der Waals surface area contributed by atoms with E-state index in [2.05, 4.69) is 10.2 Å². The van der Waals surface area contributed by atoms with Gasteiger partial charge in [-0.1, -0.05) is 30.3 Å². The lowest BCUT2D eigenvalue weighted by atomic mass is 10.1. The highest BCUT2D eigenvalue weighted by Crippen LogP contribution is 2.19. The minimum Gasteiger partial charge on any atom is -0.462 e. The monoisotopic (exact) mass is 402 g/mol. The summed E-state index contributed by atoms with van der Waals surface area (Å²) in [5.74, 6) is -0.731. The molecule has 0 fully saturated rings. The van der Waals surface area contributed by atoms with Gasteiger partial charge in [-0.3, -0.25) is 5.10 Å². The Hall–Kier alpha value is -1.94. The molecule has 0 amide bonds. The summed E-state index contributed by atoms with van der Waals surface area (Å²) < 4.78 is 32.0. The minimum absolute atomic E-state index is 0. The van der Waals surface area contributed by atoms with Gasteiger partial charge in [0, 0.05) is 19.6 Å². The van der Waals surface area contributed by atoms with Crippen molar-refractivity contribution in [3.05, 3.63) is 47.7 Å². The van der Waals surface area contributed by atoms with Gasteiger partial charge in [-0.05, 0) is 18.9 Å². The molecule has 3 N–H and O–H groups in total. The molecule has 0 spiro atoms. The molecule has 0 saturated carbocycles. The second kappa shape index (κ2) is 10.3. The Labute approximate surface area is 159 Å². The molecule has 0 radical (unpaired) electrons. The Balaban J connectivity index is 0.00000338. The van der Waals surface area contributed by atoms with E-state index in [4.69, 9.17) is 10.5 Å². The number of carbonyl (C=O) groups excluding carboxylic acids is 1. The zero-order chi connectivity index (χ0) is 18.3. The van der Waals surface area contributed by atoms with E-state index in [1.165, 1.54) is 4.31 Å². The summed E-state index contributed by atoms with van der Waals surface area (Å²) in [5.41, 5.74) is 6.47. The number of hydrogen-bond donors (Lipinski definition) is 2. The van der Waals surface area contributed by atoms with Gasteiger partial charge in [-0.2, -0.15) is 9.40 Å². The number of benzene rings is 1. The number of sulfonamides is 1. The first kappa shape index (κ1) is 22.1. The van der Waals surface area contributed by atoms with E-state index in [0.717, 1.165) is 11.8 Å². The van der Waals surface area contributed by atoms with E-state index in [-0.39, 0.29) is 49.2 Å². The van der Waals surface area contributed by atoms with Crippen molar-refractivity contribution in [2.45, 2.75) is 18.4 Å². The summed E-state index contributed by atoms with van der Waals surface area (Å²) in [6, 6.07) is 9.53. The Kier molecular flexibility index (Phi) is 8.73. The van der Waals surface area contributed by atoms with Crippen molar-refractivity contribution in [3.63, 3.8) is 0 Å². The van der Waals surface area contributed by atoms with E-state index in [1.807, 2.05) is 30.3 Å². The third-order valence-electron chi connectivity index (χ3n) is 3.57. The maximum atomic E-state index is 12.9. The van der Waals surface area contributed by atoms with Gasteiger partial charge in [0.2, 0.25) is 0 Å². The molecule has 26 heavy (non-hydrogen) atoms. The molecule has 0 aliphatic carbocycles. The van der Waals surface area contributed by atoms with Crippen molar-refractivity contribution in [2.24, 2.45) is 5.73 Å². The average molecular weight is 403 g/mol. The fourth-order valence-corrected chi connectivity index (χ4v) is 3.87. The quantitative estimate of drug-likeness (QED) is 0.608. The van der Waals surface area contributed by atoms with Crippen LogP contribution < -0.4 is 5.73 Å². The van der Waals surface area contributed by atoms with Crippen LogP contribution in [0.1, 0.15) is 22.8 Å². The first-order chi connectivity index (χ1) is 12.0. The highest BCUT2D eigenvalue weighted by molar-refractivity contribution is 7.89. The van der Waals surface area contributed by atoms with E-state index < -0.39 is 16.0 Å². The van der Waals surface area contributed by atoms with Crippen molar-refractivity contribution >= 4 is 28.4 Å². The zero-order valence-corrected chi connectivity index (χ0v) is 16.1. The summed E-state index contributed by atoms with van der Waals surface area (Å²) >= 11 is 0. The Morgan fingerprint density at radius 3 is 2.58 bits per heavy atom. The maximum Gasteiger partial charge on any atom is 0.342 e. The van der Waals surface area contributed by atoms with Crippen LogP contribution in [0.25, 0.3) is 0 Å². The largest absolute Gasteiger partial charge is 0.462 e. The third kappa shape index (κ3) is 5.28. The molecule has 1 aromatic carbocycles. The van der Waals surface area contributed by atoms with E-state index in [1.54, 1.807) is 6.92 Å². The van der Waals surface area contributed by atoms with Crippen molar-refractivity contribution in [2.75, 3.05) is 26.2 Å². The van der Waals surface area contributed by atoms with Crippen molar-refractivity contribution < 1.29 is 17.9 Å². The summed E-state index contributed by atoms with van der Waals surface area (Å²) in [6.07, 6.45) is 1.69. The number of halogens is 1. The predicted octanol–water partition coefficient (Wildman–Crippen LogP) is 1.20. The van der Waals surface area contributed by atoms with Crippen LogP contribution in [-0.4, -0.2) is 55.1 Å². The minimum atomic E-state index is -3.95. The molecule has 0 aliphatic rings. The van der Waals surface area contributed by atoms with Gasteiger partial charge < -0.3 is 10.5 Å². The molecule has 2 aromatic rings. The molecule has 0 atom stereocenters. The molecular formula is C16H23ClN4O4S. The van der Waals surface area contributed by atoms with Crippen molar-refractivity contribution in [1.29, 1.82) is 0 Å². The third-order valence-corrected chi connectivity index (χ3v) is 5.44. The number of esters is 1. The number of nitrogens with zero attached hydrogens (tertiary/aromatic N) is 2. The Bertz CT molecular complexity index is 796. The number of carbonyl (C=O) groups is 1. The lowest BCUT2D eigenvalue weighted by Crippen LogP contribution is -2.37. The molecule has 1 aromatic heterocycles. The van der Waals surface area contributed by atoms with Crippen molar-refractivity contribution in [3.8, 4) is 0 Å². The van der Waals surface area contributed by atoms with Crippen LogP contribution in [0.3, 0.4) is 0 Å². The molecule has 0 aliphatic heterocycles. The summed E-state index contributed by atoms with van der Waals surface area (Å²) in [6.45, 7) is 2.33. The number of hydrogen-bond acceptors (Lipinski definition) is 6. The smallest absolute Gasteiger partial charge is 0.342 e. The SMILES string of the molecule is CCOC(=O)c1cn[nH]c1S(=O)(=O)N(CCN)CCc1ccccc1.Cl. The lowest BCUT2D eigenvalue weighted by molar-refractivity contribution is 0.0521. The Morgan fingerprint density at radius 1 is 1.27 bits per heavy atom. The first-order valence-corrected chi connectivity index (χ1v) is 9.39. The van der Waals surface area contributed by atoms with E-state index in [0.29, 0.717) is 6.42 Å². The molecule has 0 bridgehead atoms. The summed E-state index contributed by atoms with van der Waals surface area (Å²) in [4.78, 5) is 11.9. The van der Waals surface area contributed by atoms with Gasteiger partial charge in [-0.25, -0.2) is 13.2 Å². The standard InChI is InChI=1S/C16H22N4O4S.ClH/c1-2-24-16(21)14-12-18-19-15(14)25(22,23)20(11-9-17)10-8-13-6-4-3-5-7-13;/h3-7,12H,2,8-11,17H2,1H3,(H,18,19);1H. The second-order valence-electron chi connectivity index (χ2n) is 5.26. The van der Waals surface area contributed by atoms with Gasteiger partial charge in [0.05, 0.1) is 12.8 Å². The molecule has 10 heteroatoms. The van der Waals surface area contributed by atoms with Crippen LogP contribution in [0, 0.1) is 0 Å². The van der Waals surface area contributed by atoms with Gasteiger partial charge in [0.1, 0.15) is 5.56 Å². The predicted molar refractivity (Wildman–Crippen MR) is 99.8 cm³/mol. The molecule has 8 nitrogen and oxygen atoms in total. The van der Waals surface area contributed by atoms with Gasteiger partial charge in [0.25, 0.3) is 10.0 Å². The average Bonchev–Trinajstić information content (AvgIpc) is 3.10. The van der Waals surface area contributed by atoms with Crippen LogP contribution in [-0.2, 0) is 21.2 Å². The number of nitrogens with two attached hydrogens (primary N) is 1. The van der Waals surface area contributed by atoms with Crippen LogP contribution in [0.2, 0.25) is 0 Å². The number of rotatable bonds is 9. The molecular weight excluding hydrogens is 380 g/mol. The fourth-order valence-electron chi connectivity index (χ4n) is 2.35. The molecule has 144 valence electrons. The summed E-state index contributed by atoms with van der Waals surface area (Å²) in [5, 5.41) is 5.82. The lowest BCUT2D eigenvalue weighted by Gasteiger charge is -2.21. The van der Waals surface area contributed by atoms with Crippen molar-refractivity contribution in [1.82, 2.24) is 14.5 Å². The highest BCUT2D eigenvalue weighted by atomic mass is 35.5. The second-order valence-corrected chi connectivity index (χ2v) is 7.14. The van der Waals surface area contributed by atoms with Gasteiger partial charge >= 0.3 is 5.97 Å². The normalized spacial score (nSPS) is 11.2. The maximum absolute atomic E-state index is 12.9. The van der Waals surface area contributed by atoms with Crippen LogP contribution in [0.4, 0.5) is 0 Å². The number of H-pyrrole nitrogens is 1. The molecule has 0 unspecified atom stereocenters. The van der Waals surface area contributed by atoms with E-state index >= 15 is 0 Å². The van der Waals surface area contributed by atoms with Crippen LogP contribution in [0.5, 0.6) is 0 Å². The van der Waals surface area contributed by atoms with Gasteiger partial charge in [0.15, 0.2) is 5.03 Å². The van der Waals surface area contributed by atoms with E-state index in [9.17, 15) is 13.2 Å². The molecule has 1 heterocycles. The van der Waals surface area contributed by atoms with Crippen LogP contribution >= 0.6 is 12.4 Å². The van der Waals surface area contributed by atoms with Crippen LogP contribution in [0.15, 0.2) is 41.6 Å². The first-order valence-electron chi connectivity index (χ1n) is 7.95. The number of nitrogens with one attached hydrogen (secondary N) is 1. The highest BCUT2D eigenvalue weighted by Gasteiger charge is 2.31. The zero-order valence-electron chi connectivity index (χ0n) is 14.4. The fraction of sp³-hybridized carbons (Fsp3) is 0.375. The molecule has 0 saturated heterocycles. The number of ether oxygens (including phenoxy) is 1. The Morgan fingerprint density at radius 2 is 1.96 bits per heavy atom. The topological polar surface area (TPSA) is 118 Å². The number of aromatic amines is 1. The van der Waals surface area contributed by atoms with Gasteiger partial charge in [-0.15, -0.1) is 12.4 Å².